The van der Waals surface area contributed by atoms with Gasteiger partial charge in [0.2, 0.25) is 11.8 Å². The summed E-state index contributed by atoms with van der Waals surface area (Å²) in [6.45, 7) is 0.211. The van der Waals surface area contributed by atoms with Crippen molar-refractivity contribution in [3.8, 4) is 0 Å². The SMILES string of the molecule is O=C1OCC=C[C@H]2O[C@]34C=CCN(C5CCCCC5)C(=O)C3N([C@H](CO)c3ccccc3)C(=O)[C@@H]4[C@@H]12. The first-order chi connectivity index (χ1) is 17.6. The third-order valence-electron chi connectivity index (χ3n) is 8.59. The van der Waals surface area contributed by atoms with Crippen LogP contribution in [0.15, 0.2) is 54.6 Å². The van der Waals surface area contributed by atoms with Gasteiger partial charge in [-0.2, -0.15) is 0 Å². The average Bonchev–Trinajstić information content (AvgIpc) is 3.20. The first-order valence-corrected chi connectivity index (χ1v) is 13.0. The van der Waals surface area contributed by atoms with Crippen LogP contribution in [0.25, 0.3) is 0 Å². The summed E-state index contributed by atoms with van der Waals surface area (Å²) in [6.07, 6.45) is 11.8. The number of nitrogens with zero attached hydrogens (tertiary/aromatic N) is 2. The van der Waals surface area contributed by atoms with Crippen molar-refractivity contribution in [2.45, 2.75) is 61.9 Å². The molecule has 2 amide bonds. The number of likely N-dealkylation sites (tertiary alicyclic amines) is 1. The summed E-state index contributed by atoms with van der Waals surface area (Å²) >= 11 is 0. The largest absolute Gasteiger partial charge is 0.461 e. The summed E-state index contributed by atoms with van der Waals surface area (Å²) < 4.78 is 12.0. The van der Waals surface area contributed by atoms with Gasteiger partial charge in [-0.3, -0.25) is 14.4 Å². The molecule has 1 aromatic rings. The predicted molar refractivity (Wildman–Crippen MR) is 129 cm³/mol. The molecule has 6 atom stereocenters. The standard InChI is InChI=1S/C28H32N2O6/c31-17-20(18-9-3-1-4-10-18)30-24-26(33)29(19-11-5-2-6-12-19)15-8-14-28(24)23(25(30)32)22-21(36-28)13-7-16-35-27(22)34/h1,3-4,7-10,13-14,19-24,31H,2,5-6,11-12,15-17H2/t20-,21-,22+,23+,24?,28+/m1/s1. The molecular weight excluding hydrogens is 460 g/mol. The Morgan fingerprint density at radius 1 is 1.03 bits per heavy atom. The number of carbonyl (C=O) groups excluding carboxylic acids is 3. The summed E-state index contributed by atoms with van der Waals surface area (Å²) in [5.74, 6) is -2.78. The number of cyclic esters (lactones) is 1. The fraction of sp³-hybridized carbons (Fsp3) is 0.536. The molecule has 1 aliphatic carbocycles. The normalized spacial score (nSPS) is 35.1. The number of hydrogen-bond donors (Lipinski definition) is 1. The fourth-order valence-corrected chi connectivity index (χ4v) is 7.01. The number of aliphatic hydroxyl groups excluding tert-OH is 1. The van der Waals surface area contributed by atoms with Gasteiger partial charge in [0.05, 0.1) is 24.7 Å². The van der Waals surface area contributed by atoms with Crippen LogP contribution in [-0.4, -0.2) is 76.2 Å². The highest BCUT2D eigenvalue weighted by atomic mass is 16.6. The van der Waals surface area contributed by atoms with Gasteiger partial charge in [0.25, 0.3) is 0 Å². The number of amides is 2. The quantitative estimate of drug-likeness (QED) is 0.511. The summed E-state index contributed by atoms with van der Waals surface area (Å²) in [5.41, 5.74) is -0.580. The maximum absolute atomic E-state index is 14.4. The number of fused-ring (bicyclic) bond motifs is 2. The minimum Gasteiger partial charge on any atom is -0.461 e. The van der Waals surface area contributed by atoms with E-state index in [9.17, 15) is 19.5 Å². The maximum atomic E-state index is 14.4. The van der Waals surface area contributed by atoms with Crippen LogP contribution in [0.2, 0.25) is 0 Å². The summed E-state index contributed by atoms with van der Waals surface area (Å²) in [5, 5.41) is 10.5. The second kappa shape index (κ2) is 9.16. The minimum atomic E-state index is -1.31. The Hall–Kier alpha value is -2.97. The number of esters is 1. The molecule has 4 heterocycles. The highest BCUT2D eigenvalue weighted by molar-refractivity contribution is 5.99. The topological polar surface area (TPSA) is 96.4 Å². The van der Waals surface area contributed by atoms with E-state index in [1.165, 1.54) is 4.90 Å². The Morgan fingerprint density at radius 2 is 1.81 bits per heavy atom. The zero-order chi connectivity index (χ0) is 24.9. The highest BCUT2D eigenvalue weighted by Gasteiger charge is 2.72. The van der Waals surface area contributed by atoms with E-state index in [1.807, 2.05) is 47.4 Å². The van der Waals surface area contributed by atoms with Gasteiger partial charge in [-0.1, -0.05) is 67.8 Å². The zero-order valence-corrected chi connectivity index (χ0v) is 20.2. The van der Waals surface area contributed by atoms with Gasteiger partial charge >= 0.3 is 5.97 Å². The molecule has 8 nitrogen and oxygen atoms in total. The molecule has 4 aliphatic heterocycles. The molecular formula is C28H32N2O6. The van der Waals surface area contributed by atoms with Crippen molar-refractivity contribution < 1.29 is 29.0 Å². The van der Waals surface area contributed by atoms with Crippen LogP contribution in [0, 0.1) is 11.8 Å². The molecule has 8 heteroatoms. The predicted octanol–water partition coefficient (Wildman–Crippen LogP) is 2.14. The van der Waals surface area contributed by atoms with Crippen molar-refractivity contribution in [3.05, 3.63) is 60.2 Å². The van der Waals surface area contributed by atoms with E-state index in [4.69, 9.17) is 9.47 Å². The summed E-state index contributed by atoms with van der Waals surface area (Å²) in [4.78, 5) is 45.2. The number of hydrogen-bond acceptors (Lipinski definition) is 6. The molecule has 1 N–H and O–H groups in total. The van der Waals surface area contributed by atoms with Crippen molar-refractivity contribution in [1.82, 2.24) is 9.80 Å². The molecule has 2 saturated heterocycles. The second-order valence-electron chi connectivity index (χ2n) is 10.4. The van der Waals surface area contributed by atoms with Crippen LogP contribution >= 0.6 is 0 Å². The van der Waals surface area contributed by atoms with Gasteiger partial charge in [0.1, 0.15) is 24.2 Å². The summed E-state index contributed by atoms with van der Waals surface area (Å²) in [6, 6.07) is 7.62. The van der Waals surface area contributed by atoms with E-state index in [0.29, 0.717) is 6.54 Å². The molecule has 1 spiro atoms. The van der Waals surface area contributed by atoms with Gasteiger partial charge in [0, 0.05) is 12.6 Å². The van der Waals surface area contributed by atoms with Crippen molar-refractivity contribution in [1.29, 1.82) is 0 Å². The van der Waals surface area contributed by atoms with E-state index in [2.05, 4.69) is 0 Å². The first kappa shape index (κ1) is 23.4. The van der Waals surface area contributed by atoms with Gasteiger partial charge in [-0.05, 0) is 24.5 Å². The average molecular weight is 493 g/mol. The molecule has 3 fully saturated rings. The number of aliphatic hydroxyl groups is 1. The molecule has 0 radical (unpaired) electrons. The Morgan fingerprint density at radius 3 is 2.56 bits per heavy atom. The van der Waals surface area contributed by atoms with Crippen molar-refractivity contribution >= 4 is 17.8 Å². The number of benzene rings is 1. The maximum Gasteiger partial charge on any atom is 0.313 e. The van der Waals surface area contributed by atoms with Crippen LogP contribution in [0.5, 0.6) is 0 Å². The third-order valence-corrected chi connectivity index (χ3v) is 8.59. The molecule has 36 heavy (non-hydrogen) atoms. The Kier molecular flexibility index (Phi) is 5.96. The zero-order valence-electron chi connectivity index (χ0n) is 20.2. The fourth-order valence-electron chi connectivity index (χ4n) is 7.01. The van der Waals surface area contributed by atoms with Crippen LogP contribution in [-0.2, 0) is 23.9 Å². The smallest absolute Gasteiger partial charge is 0.313 e. The molecule has 5 aliphatic rings. The third kappa shape index (κ3) is 3.45. The molecule has 0 bridgehead atoms. The molecule has 6 rings (SSSR count). The van der Waals surface area contributed by atoms with Crippen LogP contribution in [0.3, 0.4) is 0 Å². The number of rotatable bonds is 4. The van der Waals surface area contributed by atoms with Crippen molar-refractivity contribution in [2.24, 2.45) is 11.8 Å². The second-order valence-corrected chi connectivity index (χ2v) is 10.4. The lowest BCUT2D eigenvalue weighted by atomic mass is 9.78. The van der Waals surface area contributed by atoms with E-state index in [0.717, 1.165) is 37.7 Å². The van der Waals surface area contributed by atoms with Gasteiger partial charge < -0.3 is 24.4 Å². The lowest BCUT2D eigenvalue weighted by molar-refractivity contribution is -0.155. The highest BCUT2D eigenvalue weighted by Crippen LogP contribution is 2.55. The van der Waals surface area contributed by atoms with Gasteiger partial charge in [-0.15, -0.1) is 0 Å². The summed E-state index contributed by atoms with van der Waals surface area (Å²) in [7, 11) is 0. The molecule has 190 valence electrons. The first-order valence-electron chi connectivity index (χ1n) is 13.0. The van der Waals surface area contributed by atoms with Crippen LogP contribution in [0.1, 0.15) is 43.7 Å². The minimum absolute atomic E-state index is 0.100. The lowest BCUT2D eigenvalue weighted by Crippen LogP contribution is -2.58. The molecule has 1 unspecified atom stereocenters. The Labute approximate surface area is 210 Å². The van der Waals surface area contributed by atoms with Crippen LogP contribution < -0.4 is 0 Å². The Bertz CT molecular complexity index is 1100. The van der Waals surface area contributed by atoms with E-state index >= 15 is 0 Å². The van der Waals surface area contributed by atoms with Gasteiger partial charge in [-0.25, -0.2) is 0 Å². The molecule has 1 saturated carbocycles. The van der Waals surface area contributed by atoms with Crippen molar-refractivity contribution in [2.75, 3.05) is 19.8 Å². The molecule has 0 aromatic heterocycles. The van der Waals surface area contributed by atoms with Crippen LogP contribution in [0.4, 0.5) is 0 Å². The van der Waals surface area contributed by atoms with Gasteiger partial charge in [0.15, 0.2) is 0 Å². The molecule has 1 aromatic carbocycles. The number of carbonyl (C=O) groups is 3. The van der Waals surface area contributed by atoms with E-state index in [-0.39, 0.29) is 31.1 Å². The monoisotopic (exact) mass is 492 g/mol. The van der Waals surface area contributed by atoms with E-state index < -0.39 is 41.6 Å². The van der Waals surface area contributed by atoms with Crippen molar-refractivity contribution in [3.63, 3.8) is 0 Å². The Balaban J connectivity index is 1.48. The van der Waals surface area contributed by atoms with E-state index in [1.54, 1.807) is 12.2 Å². The lowest BCUT2D eigenvalue weighted by Gasteiger charge is -2.41. The number of ether oxygens (including phenoxy) is 2.